The number of likely N-dealkylation sites (N-methyl/N-ethyl adjacent to an activating group) is 1. The molecule has 1 amide bonds. The van der Waals surface area contributed by atoms with Gasteiger partial charge in [-0.05, 0) is 25.6 Å². The molecule has 0 unspecified atom stereocenters. The molecule has 6 heteroatoms. The van der Waals surface area contributed by atoms with Gasteiger partial charge in [0.2, 0.25) is 6.41 Å². The van der Waals surface area contributed by atoms with Crippen LogP contribution in [0.25, 0.3) is 0 Å². The van der Waals surface area contributed by atoms with Crippen LogP contribution in [0.1, 0.15) is 12.0 Å². The summed E-state index contributed by atoms with van der Waals surface area (Å²) in [5, 5.41) is 2.54. The van der Waals surface area contributed by atoms with Crippen molar-refractivity contribution in [2.75, 3.05) is 32.6 Å². The van der Waals surface area contributed by atoms with Crippen LogP contribution >= 0.6 is 11.6 Å². The van der Waals surface area contributed by atoms with E-state index in [1.165, 1.54) is 6.07 Å². The molecule has 1 N–H and O–H groups in total. The molecule has 1 saturated heterocycles. The summed E-state index contributed by atoms with van der Waals surface area (Å²) in [6.07, 6.45) is 1.17. The largest absolute Gasteiger partial charge is 0.372 e. The number of nitrogens with one attached hydrogen (secondary N) is 1. The molecule has 1 aliphatic rings. The Morgan fingerprint density at radius 3 is 2.84 bits per heavy atom. The Morgan fingerprint density at radius 1 is 1.58 bits per heavy atom. The van der Waals surface area contributed by atoms with Gasteiger partial charge in [-0.2, -0.15) is 0 Å². The van der Waals surface area contributed by atoms with Gasteiger partial charge in [0, 0.05) is 31.5 Å². The van der Waals surface area contributed by atoms with E-state index in [1.54, 1.807) is 13.2 Å². The van der Waals surface area contributed by atoms with Crippen molar-refractivity contribution in [2.24, 2.45) is 0 Å². The topological polar surface area (TPSA) is 41.6 Å². The van der Waals surface area contributed by atoms with Gasteiger partial charge in [-0.25, -0.2) is 4.39 Å². The lowest BCUT2D eigenvalue weighted by molar-refractivity contribution is -0.105. The number of nitrogens with zero attached hydrogens (tertiary/aromatic N) is 1. The molecule has 1 aliphatic heterocycles. The summed E-state index contributed by atoms with van der Waals surface area (Å²) >= 11 is 5.86. The first-order chi connectivity index (χ1) is 9.04. The van der Waals surface area contributed by atoms with Crippen molar-refractivity contribution in [3.63, 3.8) is 0 Å². The molecular formula is C13H16ClFN2O2. The van der Waals surface area contributed by atoms with E-state index in [9.17, 15) is 9.18 Å². The average molecular weight is 287 g/mol. The highest BCUT2D eigenvalue weighted by molar-refractivity contribution is 6.31. The van der Waals surface area contributed by atoms with Gasteiger partial charge in [0.15, 0.2) is 0 Å². The van der Waals surface area contributed by atoms with Crippen molar-refractivity contribution in [3.05, 3.63) is 28.5 Å². The molecule has 1 aromatic carbocycles. The van der Waals surface area contributed by atoms with E-state index in [4.69, 9.17) is 16.3 Å². The molecule has 1 atom stereocenters. The van der Waals surface area contributed by atoms with E-state index in [0.717, 1.165) is 6.54 Å². The Labute approximate surface area is 116 Å². The monoisotopic (exact) mass is 286 g/mol. The maximum Gasteiger partial charge on any atom is 0.211 e. The number of carbonyl (C=O) groups is 1. The summed E-state index contributed by atoms with van der Waals surface area (Å²) in [6.45, 7) is 1.34. The molecule has 1 fully saturated rings. The van der Waals surface area contributed by atoms with Crippen molar-refractivity contribution in [2.45, 2.75) is 12.0 Å². The molecule has 0 aromatic heterocycles. The maximum atomic E-state index is 14.4. The molecule has 0 saturated carbocycles. The number of benzene rings is 1. The molecule has 4 nitrogen and oxygen atoms in total. The van der Waals surface area contributed by atoms with Crippen LogP contribution in [0.5, 0.6) is 0 Å². The number of methoxy groups -OCH3 is 1. The number of anilines is 1. The minimum absolute atomic E-state index is 0.0254. The van der Waals surface area contributed by atoms with Gasteiger partial charge in [-0.1, -0.05) is 11.6 Å². The number of carbonyl (C=O) groups excluding carboxylic acids is 1. The van der Waals surface area contributed by atoms with Crippen LogP contribution in [0.3, 0.4) is 0 Å². The molecule has 2 rings (SSSR count). The van der Waals surface area contributed by atoms with E-state index in [-0.39, 0.29) is 5.02 Å². The number of ether oxygens (including phenoxy) is 1. The lowest BCUT2D eigenvalue weighted by Crippen LogP contribution is -2.33. The third-order valence-electron chi connectivity index (χ3n) is 3.58. The third-order valence-corrected chi connectivity index (χ3v) is 3.87. The highest BCUT2D eigenvalue weighted by Gasteiger charge is 2.42. The minimum Gasteiger partial charge on any atom is -0.372 e. The lowest BCUT2D eigenvalue weighted by Gasteiger charge is -2.30. The number of rotatable bonds is 4. The van der Waals surface area contributed by atoms with Gasteiger partial charge in [-0.3, -0.25) is 4.79 Å². The van der Waals surface area contributed by atoms with Gasteiger partial charge < -0.3 is 15.0 Å². The lowest BCUT2D eigenvalue weighted by atomic mass is 9.90. The quantitative estimate of drug-likeness (QED) is 0.863. The summed E-state index contributed by atoms with van der Waals surface area (Å²) in [7, 11) is 3.49. The van der Waals surface area contributed by atoms with Crippen molar-refractivity contribution in [1.29, 1.82) is 0 Å². The zero-order chi connectivity index (χ0) is 14.0. The van der Waals surface area contributed by atoms with Crippen LogP contribution in [-0.2, 0) is 15.1 Å². The number of hydrogen-bond acceptors (Lipinski definition) is 3. The number of halogens is 2. The summed E-state index contributed by atoms with van der Waals surface area (Å²) in [4.78, 5) is 12.7. The van der Waals surface area contributed by atoms with Crippen molar-refractivity contribution < 1.29 is 13.9 Å². The summed E-state index contributed by atoms with van der Waals surface area (Å²) in [5.41, 5.74) is -0.0669. The van der Waals surface area contributed by atoms with Crippen LogP contribution < -0.4 is 5.32 Å². The fraction of sp³-hybridized carbons (Fsp3) is 0.462. The Hall–Kier alpha value is -1.17. The molecule has 0 bridgehead atoms. The van der Waals surface area contributed by atoms with Crippen molar-refractivity contribution >= 4 is 23.7 Å². The molecule has 19 heavy (non-hydrogen) atoms. The fourth-order valence-electron chi connectivity index (χ4n) is 2.62. The van der Waals surface area contributed by atoms with E-state index >= 15 is 0 Å². The number of amides is 1. The molecule has 0 aliphatic carbocycles. The molecule has 1 heterocycles. The molecule has 1 aromatic rings. The van der Waals surface area contributed by atoms with Gasteiger partial charge in [0.25, 0.3) is 0 Å². The Morgan fingerprint density at radius 2 is 2.32 bits per heavy atom. The molecular weight excluding hydrogens is 271 g/mol. The fourth-order valence-corrected chi connectivity index (χ4v) is 2.78. The predicted molar refractivity (Wildman–Crippen MR) is 71.9 cm³/mol. The van der Waals surface area contributed by atoms with Crippen LogP contribution in [0, 0.1) is 5.82 Å². The predicted octanol–water partition coefficient (Wildman–Crippen LogP) is 2.22. The molecule has 0 spiro atoms. The van der Waals surface area contributed by atoms with Crippen LogP contribution in [0.15, 0.2) is 12.1 Å². The Bertz CT molecular complexity index is 498. The van der Waals surface area contributed by atoms with E-state index < -0.39 is 11.4 Å². The zero-order valence-electron chi connectivity index (χ0n) is 10.9. The first-order valence-electron chi connectivity index (χ1n) is 5.96. The Kier molecular flexibility index (Phi) is 4.08. The van der Waals surface area contributed by atoms with Gasteiger partial charge in [0.1, 0.15) is 11.4 Å². The second kappa shape index (κ2) is 5.45. The van der Waals surface area contributed by atoms with Gasteiger partial charge >= 0.3 is 0 Å². The molecule has 0 radical (unpaired) electrons. The van der Waals surface area contributed by atoms with E-state index in [2.05, 4.69) is 10.2 Å². The van der Waals surface area contributed by atoms with Crippen LogP contribution in [0.4, 0.5) is 10.1 Å². The van der Waals surface area contributed by atoms with Gasteiger partial charge in [0.05, 0.1) is 5.02 Å². The first kappa shape index (κ1) is 14.2. The Balaban J connectivity index is 2.58. The van der Waals surface area contributed by atoms with Crippen molar-refractivity contribution in [3.8, 4) is 0 Å². The number of likely N-dealkylation sites (tertiary alicyclic amines) is 1. The minimum atomic E-state index is -0.783. The summed E-state index contributed by atoms with van der Waals surface area (Å²) in [5.74, 6) is -0.536. The van der Waals surface area contributed by atoms with Gasteiger partial charge in [-0.15, -0.1) is 0 Å². The highest BCUT2D eigenvalue weighted by atomic mass is 35.5. The van der Waals surface area contributed by atoms with E-state index in [1.807, 2.05) is 7.05 Å². The zero-order valence-corrected chi connectivity index (χ0v) is 11.6. The second-order valence-electron chi connectivity index (χ2n) is 4.73. The smallest absolute Gasteiger partial charge is 0.211 e. The SMILES string of the molecule is CO[C@@]1(c2c(NC=O)ccc(Cl)c2F)CCN(C)C1. The maximum absolute atomic E-state index is 14.4. The highest BCUT2D eigenvalue weighted by Crippen LogP contribution is 2.41. The summed E-state index contributed by atoms with van der Waals surface area (Å²) < 4.78 is 20.0. The van der Waals surface area contributed by atoms with Crippen LogP contribution in [-0.4, -0.2) is 38.6 Å². The average Bonchev–Trinajstić information content (AvgIpc) is 2.77. The molecule has 104 valence electrons. The first-order valence-corrected chi connectivity index (χ1v) is 6.34. The normalized spacial score (nSPS) is 23.6. The van der Waals surface area contributed by atoms with Crippen molar-refractivity contribution in [1.82, 2.24) is 4.90 Å². The third kappa shape index (κ3) is 2.45. The van der Waals surface area contributed by atoms with Crippen LogP contribution in [0.2, 0.25) is 5.02 Å². The second-order valence-corrected chi connectivity index (χ2v) is 5.14. The standard InChI is InChI=1S/C13H16ClFN2O2/c1-17-6-5-13(7-17,19-2)11-10(16-8-18)4-3-9(14)12(11)15/h3-4,8H,5-7H2,1-2H3,(H,16,18)/t13-/m0/s1. The van der Waals surface area contributed by atoms with E-state index in [0.29, 0.717) is 30.6 Å². The number of hydrogen-bond donors (Lipinski definition) is 1. The summed E-state index contributed by atoms with van der Waals surface area (Å²) in [6, 6.07) is 3.02.